The molecule has 5 rings (SSSR count). The minimum atomic E-state index is 0.623. The minimum Gasteiger partial charge on any atom is -0.367 e. The van der Waals surface area contributed by atoms with Crippen molar-refractivity contribution >= 4 is 5.82 Å². The molecule has 3 aliphatic rings. The maximum absolute atomic E-state index is 4.94. The fraction of sp³-hybridized carbons (Fsp3) is 0.579. The Bertz CT molecular complexity index is 708. The van der Waals surface area contributed by atoms with Gasteiger partial charge in [-0.15, -0.1) is 0 Å². The van der Waals surface area contributed by atoms with Crippen molar-refractivity contribution < 1.29 is 0 Å². The molecule has 4 heteroatoms. The summed E-state index contributed by atoms with van der Waals surface area (Å²) in [7, 11) is 0. The Balaban J connectivity index is 1.47. The average molecular weight is 308 g/mol. The Morgan fingerprint density at radius 1 is 1.00 bits per heavy atom. The number of anilines is 1. The molecule has 23 heavy (non-hydrogen) atoms. The molecule has 2 aromatic heterocycles. The van der Waals surface area contributed by atoms with Crippen LogP contribution in [0.1, 0.15) is 69.0 Å². The van der Waals surface area contributed by atoms with Crippen LogP contribution in [0.2, 0.25) is 0 Å². The van der Waals surface area contributed by atoms with Crippen LogP contribution in [0.25, 0.3) is 11.3 Å². The molecule has 4 nitrogen and oxygen atoms in total. The van der Waals surface area contributed by atoms with E-state index < -0.39 is 0 Å². The predicted octanol–water partition coefficient (Wildman–Crippen LogP) is 4.51. The van der Waals surface area contributed by atoms with Crippen LogP contribution in [-0.4, -0.2) is 20.8 Å². The Labute approximate surface area is 137 Å². The molecular weight excluding hydrogens is 284 g/mol. The van der Waals surface area contributed by atoms with Crippen molar-refractivity contribution in [1.82, 2.24) is 14.8 Å². The van der Waals surface area contributed by atoms with Gasteiger partial charge in [-0.25, -0.2) is 4.98 Å². The van der Waals surface area contributed by atoms with Gasteiger partial charge in [0.1, 0.15) is 5.82 Å². The van der Waals surface area contributed by atoms with Gasteiger partial charge in [-0.1, -0.05) is 6.07 Å². The van der Waals surface area contributed by atoms with Crippen LogP contribution >= 0.6 is 0 Å². The first-order valence-corrected chi connectivity index (χ1v) is 9.20. The second kappa shape index (κ2) is 5.36. The van der Waals surface area contributed by atoms with Crippen LogP contribution < -0.4 is 5.32 Å². The van der Waals surface area contributed by atoms with Gasteiger partial charge in [-0.05, 0) is 63.5 Å². The average Bonchev–Trinajstić information content (AvgIpc) is 3.22. The topological polar surface area (TPSA) is 42.7 Å². The molecule has 0 bridgehead atoms. The summed E-state index contributed by atoms with van der Waals surface area (Å²) in [5.41, 5.74) is 3.63. The van der Waals surface area contributed by atoms with Gasteiger partial charge in [-0.3, -0.25) is 4.68 Å². The van der Waals surface area contributed by atoms with Crippen LogP contribution in [0.3, 0.4) is 0 Å². The lowest BCUT2D eigenvalue weighted by atomic mass is 9.93. The third-order valence-corrected chi connectivity index (χ3v) is 5.66. The summed E-state index contributed by atoms with van der Waals surface area (Å²) >= 11 is 0. The first kappa shape index (κ1) is 13.6. The molecular formula is C19H24N4. The van der Waals surface area contributed by atoms with Crippen molar-refractivity contribution in [3.05, 3.63) is 30.1 Å². The summed E-state index contributed by atoms with van der Waals surface area (Å²) < 4.78 is 2.22. The van der Waals surface area contributed by atoms with Gasteiger partial charge in [0.15, 0.2) is 0 Å². The minimum absolute atomic E-state index is 0.623. The zero-order valence-corrected chi connectivity index (χ0v) is 13.5. The van der Waals surface area contributed by atoms with E-state index in [9.17, 15) is 0 Å². The van der Waals surface area contributed by atoms with Gasteiger partial charge < -0.3 is 5.32 Å². The standard InChI is InChI=1S/C19H24N4/c1-4-14(5-1)20-18-9-3-8-17(21-18)16-12-23(15-6-2-7-15)22-19(16)13-10-11-13/h3,8-9,12-15H,1-2,4-7,10-11H2,(H,20,21). The van der Waals surface area contributed by atoms with Gasteiger partial charge in [0.2, 0.25) is 0 Å². The summed E-state index contributed by atoms with van der Waals surface area (Å²) in [5, 5.41) is 8.51. The summed E-state index contributed by atoms with van der Waals surface area (Å²) in [4.78, 5) is 4.89. The van der Waals surface area contributed by atoms with Crippen LogP contribution in [0.4, 0.5) is 5.82 Å². The van der Waals surface area contributed by atoms with E-state index in [1.54, 1.807) is 0 Å². The highest BCUT2D eigenvalue weighted by Crippen LogP contribution is 2.44. The zero-order valence-electron chi connectivity index (χ0n) is 13.5. The van der Waals surface area contributed by atoms with Gasteiger partial charge in [0.25, 0.3) is 0 Å². The van der Waals surface area contributed by atoms with E-state index in [0.717, 1.165) is 11.5 Å². The number of pyridine rings is 1. The molecule has 2 aromatic rings. The largest absolute Gasteiger partial charge is 0.367 e. The van der Waals surface area contributed by atoms with E-state index in [-0.39, 0.29) is 0 Å². The number of aromatic nitrogens is 3. The molecule has 0 spiro atoms. The highest BCUT2D eigenvalue weighted by Gasteiger charge is 2.32. The second-order valence-corrected chi connectivity index (χ2v) is 7.45. The maximum Gasteiger partial charge on any atom is 0.126 e. The van der Waals surface area contributed by atoms with Crippen molar-refractivity contribution in [3.8, 4) is 11.3 Å². The Morgan fingerprint density at radius 3 is 2.48 bits per heavy atom. The van der Waals surface area contributed by atoms with Crippen molar-refractivity contribution in [2.24, 2.45) is 0 Å². The SMILES string of the molecule is c1cc(NC2CCC2)nc(-c2cn(C3CCC3)nc2C2CC2)c1. The van der Waals surface area contributed by atoms with Crippen LogP contribution in [0.5, 0.6) is 0 Å². The van der Waals surface area contributed by atoms with E-state index in [0.29, 0.717) is 18.0 Å². The third kappa shape index (κ3) is 2.54. The van der Waals surface area contributed by atoms with Crippen LogP contribution in [-0.2, 0) is 0 Å². The fourth-order valence-electron chi connectivity index (χ4n) is 3.53. The number of hydrogen-bond acceptors (Lipinski definition) is 3. The second-order valence-electron chi connectivity index (χ2n) is 7.45. The molecule has 0 atom stereocenters. The molecule has 1 N–H and O–H groups in total. The molecule has 120 valence electrons. The van der Waals surface area contributed by atoms with Gasteiger partial charge in [0.05, 0.1) is 17.4 Å². The first-order valence-electron chi connectivity index (χ1n) is 9.20. The van der Waals surface area contributed by atoms with E-state index in [1.165, 1.54) is 62.6 Å². The van der Waals surface area contributed by atoms with Gasteiger partial charge in [-0.2, -0.15) is 5.10 Å². The Hall–Kier alpha value is -1.84. The molecule has 0 unspecified atom stereocenters. The van der Waals surface area contributed by atoms with Gasteiger partial charge in [0, 0.05) is 23.7 Å². The first-order chi connectivity index (χ1) is 11.4. The quantitative estimate of drug-likeness (QED) is 0.883. The predicted molar refractivity (Wildman–Crippen MR) is 91.6 cm³/mol. The third-order valence-electron chi connectivity index (χ3n) is 5.66. The molecule has 0 saturated heterocycles. The molecule has 2 heterocycles. The van der Waals surface area contributed by atoms with Crippen molar-refractivity contribution in [1.29, 1.82) is 0 Å². The zero-order chi connectivity index (χ0) is 15.2. The van der Waals surface area contributed by atoms with E-state index in [2.05, 4.69) is 34.4 Å². The summed E-state index contributed by atoms with van der Waals surface area (Å²) in [5.74, 6) is 1.68. The Morgan fingerprint density at radius 2 is 1.83 bits per heavy atom. The van der Waals surface area contributed by atoms with Gasteiger partial charge >= 0.3 is 0 Å². The lowest BCUT2D eigenvalue weighted by Crippen LogP contribution is -2.27. The fourth-order valence-corrected chi connectivity index (χ4v) is 3.53. The lowest BCUT2D eigenvalue weighted by molar-refractivity contribution is 0.288. The summed E-state index contributed by atoms with van der Waals surface area (Å²) in [6.45, 7) is 0. The molecule has 3 fully saturated rings. The van der Waals surface area contributed by atoms with Crippen LogP contribution in [0.15, 0.2) is 24.4 Å². The molecule has 0 aromatic carbocycles. The van der Waals surface area contributed by atoms with E-state index in [1.807, 2.05) is 0 Å². The maximum atomic E-state index is 4.94. The Kier molecular flexibility index (Phi) is 3.17. The molecule has 0 amide bonds. The summed E-state index contributed by atoms with van der Waals surface area (Å²) in [6, 6.07) is 7.60. The number of hydrogen-bond donors (Lipinski definition) is 1. The van der Waals surface area contributed by atoms with Crippen molar-refractivity contribution in [2.45, 2.75) is 69.4 Å². The monoisotopic (exact) mass is 308 g/mol. The summed E-state index contributed by atoms with van der Waals surface area (Å²) in [6.07, 6.45) is 12.6. The lowest BCUT2D eigenvalue weighted by Gasteiger charge is -2.27. The normalized spacial score (nSPS) is 21.7. The molecule has 0 radical (unpaired) electrons. The smallest absolute Gasteiger partial charge is 0.126 e. The molecule has 0 aliphatic heterocycles. The van der Waals surface area contributed by atoms with E-state index >= 15 is 0 Å². The van der Waals surface area contributed by atoms with E-state index in [4.69, 9.17) is 10.1 Å². The number of rotatable bonds is 5. The molecule has 3 saturated carbocycles. The van der Waals surface area contributed by atoms with Crippen molar-refractivity contribution in [3.63, 3.8) is 0 Å². The number of nitrogens with one attached hydrogen (secondary N) is 1. The number of nitrogens with zero attached hydrogens (tertiary/aromatic N) is 3. The van der Waals surface area contributed by atoms with Crippen molar-refractivity contribution in [2.75, 3.05) is 5.32 Å². The highest BCUT2D eigenvalue weighted by molar-refractivity contribution is 5.64. The van der Waals surface area contributed by atoms with Crippen LogP contribution in [0, 0.1) is 0 Å². The molecule has 3 aliphatic carbocycles. The highest BCUT2D eigenvalue weighted by atomic mass is 15.3.